The smallest absolute Gasteiger partial charge is 0.137 e. The van der Waals surface area contributed by atoms with Crippen molar-refractivity contribution in [3.63, 3.8) is 0 Å². The van der Waals surface area contributed by atoms with Crippen LogP contribution < -0.4 is 5.32 Å². The minimum absolute atomic E-state index is 0.563. The van der Waals surface area contributed by atoms with Gasteiger partial charge in [-0.3, -0.25) is 4.90 Å². The average Bonchev–Trinajstić information content (AvgIpc) is 2.91. The molecule has 0 spiro atoms. The predicted octanol–water partition coefficient (Wildman–Crippen LogP) is 4.68. The van der Waals surface area contributed by atoms with Gasteiger partial charge in [-0.05, 0) is 44.5 Å². The first kappa shape index (κ1) is 20.7. The van der Waals surface area contributed by atoms with Crippen molar-refractivity contribution in [2.24, 2.45) is 10.9 Å². The standard InChI is InChI=1S/C24H34N4S/c1-3-4-7-12-27-13-15-28(16-14-27)24-20-11-10-19(18-25-2)17-23(20)29-22-9-6-5-8-21(22)26-24/h5-6,8-11,19,25H,3-4,7,12-18H2,1-2H3. The molecule has 3 aliphatic rings. The Hall–Kier alpha value is -1.56. The molecule has 0 amide bonds. The van der Waals surface area contributed by atoms with Gasteiger partial charge in [-0.2, -0.15) is 0 Å². The van der Waals surface area contributed by atoms with Gasteiger partial charge in [0.15, 0.2) is 0 Å². The molecular formula is C24H34N4S. The van der Waals surface area contributed by atoms with Gasteiger partial charge in [-0.1, -0.05) is 55.8 Å². The molecule has 0 bridgehead atoms. The van der Waals surface area contributed by atoms with Crippen LogP contribution in [0.5, 0.6) is 0 Å². The van der Waals surface area contributed by atoms with E-state index in [0.717, 1.165) is 44.8 Å². The minimum atomic E-state index is 0.563. The molecule has 1 N–H and O–H groups in total. The van der Waals surface area contributed by atoms with Gasteiger partial charge < -0.3 is 10.2 Å². The van der Waals surface area contributed by atoms with Crippen molar-refractivity contribution in [2.45, 2.75) is 37.5 Å². The Morgan fingerprint density at radius 1 is 1.14 bits per heavy atom. The van der Waals surface area contributed by atoms with E-state index in [1.165, 1.54) is 47.0 Å². The van der Waals surface area contributed by atoms with Gasteiger partial charge in [0.1, 0.15) is 5.84 Å². The Morgan fingerprint density at radius 3 is 2.76 bits per heavy atom. The second-order valence-electron chi connectivity index (χ2n) is 8.26. The van der Waals surface area contributed by atoms with Gasteiger partial charge in [-0.25, -0.2) is 4.99 Å². The predicted molar refractivity (Wildman–Crippen MR) is 125 cm³/mol. The molecule has 1 fully saturated rings. The van der Waals surface area contributed by atoms with Gasteiger partial charge in [0, 0.05) is 48.1 Å². The van der Waals surface area contributed by atoms with Crippen LogP contribution in [0.4, 0.5) is 5.69 Å². The zero-order valence-electron chi connectivity index (χ0n) is 17.9. The monoisotopic (exact) mass is 410 g/mol. The van der Waals surface area contributed by atoms with Crippen molar-refractivity contribution in [1.29, 1.82) is 0 Å². The second kappa shape index (κ2) is 9.96. The lowest BCUT2D eigenvalue weighted by Gasteiger charge is -2.37. The molecule has 1 aromatic carbocycles. The fourth-order valence-corrected chi connectivity index (χ4v) is 5.59. The van der Waals surface area contributed by atoms with Crippen molar-refractivity contribution in [3.05, 3.63) is 46.9 Å². The molecule has 1 saturated heterocycles. The van der Waals surface area contributed by atoms with Crippen molar-refractivity contribution >= 4 is 23.3 Å². The highest BCUT2D eigenvalue weighted by Crippen LogP contribution is 2.44. The van der Waals surface area contributed by atoms with E-state index in [-0.39, 0.29) is 0 Å². The highest BCUT2D eigenvalue weighted by molar-refractivity contribution is 8.03. The van der Waals surface area contributed by atoms with Crippen LogP contribution in [0.2, 0.25) is 0 Å². The molecule has 4 nitrogen and oxygen atoms in total. The lowest BCUT2D eigenvalue weighted by molar-refractivity contribution is 0.179. The van der Waals surface area contributed by atoms with E-state index in [1.54, 1.807) is 0 Å². The largest absolute Gasteiger partial charge is 0.354 e. The Balaban J connectivity index is 1.55. The van der Waals surface area contributed by atoms with E-state index in [9.17, 15) is 0 Å². The van der Waals surface area contributed by atoms with Crippen LogP contribution in [0, 0.1) is 5.92 Å². The molecule has 1 atom stereocenters. The number of piperazine rings is 1. The van der Waals surface area contributed by atoms with Gasteiger partial charge in [0.25, 0.3) is 0 Å². The molecule has 156 valence electrons. The van der Waals surface area contributed by atoms with Crippen LogP contribution in [0.1, 0.15) is 32.6 Å². The summed E-state index contributed by atoms with van der Waals surface area (Å²) in [5.41, 5.74) is 2.46. The van der Waals surface area contributed by atoms with Crippen molar-refractivity contribution < 1.29 is 0 Å². The lowest BCUT2D eigenvalue weighted by Crippen LogP contribution is -2.49. The first-order valence-electron chi connectivity index (χ1n) is 11.2. The summed E-state index contributed by atoms with van der Waals surface area (Å²) in [6.45, 7) is 8.98. The summed E-state index contributed by atoms with van der Waals surface area (Å²) in [7, 11) is 2.04. The van der Waals surface area contributed by atoms with Gasteiger partial charge in [0.05, 0.1) is 5.69 Å². The summed E-state index contributed by atoms with van der Waals surface area (Å²) < 4.78 is 0. The van der Waals surface area contributed by atoms with Gasteiger partial charge >= 0.3 is 0 Å². The highest BCUT2D eigenvalue weighted by atomic mass is 32.2. The molecule has 4 rings (SSSR count). The lowest BCUT2D eigenvalue weighted by atomic mass is 9.95. The number of nitrogens with zero attached hydrogens (tertiary/aromatic N) is 3. The number of fused-ring (bicyclic) bond motifs is 1. The van der Waals surface area contributed by atoms with E-state index in [2.05, 4.69) is 58.5 Å². The average molecular weight is 411 g/mol. The quantitative estimate of drug-likeness (QED) is 0.690. The molecule has 2 aliphatic heterocycles. The van der Waals surface area contributed by atoms with Crippen molar-refractivity contribution in [2.75, 3.05) is 46.3 Å². The molecule has 0 aromatic heterocycles. The molecule has 5 heteroatoms. The summed E-state index contributed by atoms with van der Waals surface area (Å²) >= 11 is 1.92. The third-order valence-corrected chi connectivity index (χ3v) is 7.26. The fourth-order valence-electron chi connectivity index (χ4n) is 4.39. The summed E-state index contributed by atoms with van der Waals surface area (Å²) in [5.74, 6) is 1.75. The van der Waals surface area contributed by atoms with Crippen LogP contribution >= 0.6 is 11.8 Å². The minimum Gasteiger partial charge on any atom is -0.354 e. The topological polar surface area (TPSA) is 30.9 Å². The molecule has 29 heavy (non-hydrogen) atoms. The molecular weight excluding hydrogens is 376 g/mol. The number of rotatable bonds is 6. The third-order valence-electron chi connectivity index (χ3n) is 6.06. The number of thioether (sulfide) groups is 1. The summed E-state index contributed by atoms with van der Waals surface area (Å²) in [6.07, 6.45) is 9.78. The molecule has 2 heterocycles. The Morgan fingerprint density at radius 2 is 1.97 bits per heavy atom. The van der Waals surface area contributed by atoms with Gasteiger partial charge in [0.2, 0.25) is 0 Å². The molecule has 0 saturated carbocycles. The van der Waals surface area contributed by atoms with Crippen LogP contribution in [-0.4, -0.2) is 62.0 Å². The van der Waals surface area contributed by atoms with Crippen LogP contribution in [0.25, 0.3) is 0 Å². The summed E-state index contributed by atoms with van der Waals surface area (Å²) in [5, 5.41) is 3.34. The number of hydrogen-bond donors (Lipinski definition) is 1. The number of benzene rings is 1. The number of unbranched alkanes of at least 4 members (excludes halogenated alkanes) is 2. The second-order valence-corrected chi connectivity index (χ2v) is 9.40. The highest BCUT2D eigenvalue weighted by Gasteiger charge is 2.28. The SMILES string of the molecule is CCCCCN1CCN(C2=Nc3ccccc3SC3=C2C=CC(CNC)C3)CC1. The number of amidine groups is 1. The normalized spacial score (nSPS) is 22.2. The van der Waals surface area contributed by atoms with Crippen LogP contribution in [-0.2, 0) is 0 Å². The summed E-state index contributed by atoms with van der Waals surface area (Å²) in [6, 6.07) is 8.62. The Kier molecular flexibility index (Phi) is 7.11. The Bertz CT molecular complexity index is 790. The zero-order chi connectivity index (χ0) is 20.1. The first-order chi connectivity index (χ1) is 14.3. The van der Waals surface area contributed by atoms with Crippen molar-refractivity contribution in [1.82, 2.24) is 15.1 Å². The molecule has 0 radical (unpaired) electrons. The van der Waals surface area contributed by atoms with Crippen LogP contribution in [0.3, 0.4) is 0 Å². The van der Waals surface area contributed by atoms with Crippen LogP contribution in [0.15, 0.2) is 56.8 Å². The third kappa shape index (κ3) is 4.96. The van der Waals surface area contributed by atoms with E-state index in [4.69, 9.17) is 4.99 Å². The Labute approximate surface area is 180 Å². The zero-order valence-corrected chi connectivity index (χ0v) is 18.7. The molecule has 1 aromatic rings. The first-order valence-corrected chi connectivity index (χ1v) is 12.0. The van der Waals surface area contributed by atoms with Gasteiger partial charge in [-0.15, -0.1) is 0 Å². The maximum absolute atomic E-state index is 5.20. The maximum atomic E-state index is 5.20. The van der Waals surface area contributed by atoms with E-state index < -0.39 is 0 Å². The van der Waals surface area contributed by atoms with E-state index >= 15 is 0 Å². The number of allylic oxidation sites excluding steroid dienone is 1. The molecule has 1 unspecified atom stereocenters. The number of hydrogen-bond acceptors (Lipinski definition) is 5. The number of nitrogens with one attached hydrogen (secondary N) is 1. The maximum Gasteiger partial charge on any atom is 0.137 e. The fraction of sp³-hybridized carbons (Fsp3) is 0.542. The number of para-hydroxylation sites is 1. The van der Waals surface area contributed by atoms with Crippen molar-refractivity contribution in [3.8, 4) is 0 Å². The van der Waals surface area contributed by atoms with E-state index in [0.29, 0.717) is 5.92 Å². The molecule has 1 aliphatic carbocycles. The summed E-state index contributed by atoms with van der Waals surface area (Å²) in [4.78, 5) is 13.1. The van der Waals surface area contributed by atoms with E-state index in [1.807, 2.05) is 18.8 Å². The number of aliphatic imine (C=N–C) groups is 1.